The Hall–Kier alpha value is -2.13. The molecule has 1 aliphatic heterocycles. The molecule has 0 radical (unpaired) electrons. The quantitative estimate of drug-likeness (QED) is 0.686. The fraction of sp³-hybridized carbons (Fsp3) is 0.536. The fourth-order valence-electron chi connectivity index (χ4n) is 6.55. The first-order valence-corrected chi connectivity index (χ1v) is 12.4. The third kappa shape index (κ3) is 4.72. The highest BCUT2D eigenvalue weighted by molar-refractivity contribution is 5.84. The lowest BCUT2D eigenvalue weighted by atomic mass is 9.76. The lowest BCUT2D eigenvalue weighted by Crippen LogP contribution is -2.43. The molecule has 1 unspecified atom stereocenters. The average molecular weight is 417 g/mol. The molecular formula is C28H36N2O. The molecule has 164 valence electrons. The summed E-state index contributed by atoms with van der Waals surface area (Å²) in [5, 5.41) is 3.56. The number of amides is 1. The van der Waals surface area contributed by atoms with Crippen LogP contribution < -0.4 is 5.32 Å². The Morgan fingerprint density at radius 3 is 2.32 bits per heavy atom. The Kier molecular flexibility index (Phi) is 6.40. The van der Waals surface area contributed by atoms with Crippen molar-refractivity contribution >= 4 is 5.91 Å². The van der Waals surface area contributed by atoms with Crippen molar-refractivity contribution in [1.29, 1.82) is 0 Å². The molecular weight excluding hydrogens is 380 g/mol. The second kappa shape index (κ2) is 9.56. The van der Waals surface area contributed by atoms with Crippen molar-refractivity contribution in [3.8, 4) is 0 Å². The van der Waals surface area contributed by atoms with Crippen molar-refractivity contribution in [3.63, 3.8) is 0 Å². The highest BCUT2D eigenvalue weighted by Gasteiger charge is 2.44. The molecule has 2 aromatic carbocycles. The standard InChI is InChI=1S/C28H36N2O/c31-28(27(22-12-6-2-7-13-22)23-14-8-3-9-15-23)29-26-17-16-24-19-30(20-25(24)26)18-21-10-4-1-5-11-21/h1-2,4-7,10-13,23-27H,3,8-9,14-20H2,(H,29,31)/t24-,25-,26+,27?/m1/s1. The fourth-order valence-corrected chi connectivity index (χ4v) is 6.55. The normalized spacial score (nSPS) is 27.7. The van der Waals surface area contributed by atoms with Crippen molar-refractivity contribution in [3.05, 3.63) is 71.8 Å². The summed E-state index contributed by atoms with van der Waals surface area (Å²) in [6.07, 6.45) is 8.63. The number of nitrogens with zero attached hydrogens (tertiary/aromatic N) is 1. The van der Waals surface area contributed by atoms with Gasteiger partial charge in [0, 0.05) is 25.7 Å². The lowest BCUT2D eigenvalue weighted by molar-refractivity contribution is -0.125. The largest absolute Gasteiger partial charge is 0.352 e. The molecule has 1 heterocycles. The van der Waals surface area contributed by atoms with Crippen LogP contribution >= 0.6 is 0 Å². The molecule has 2 aliphatic carbocycles. The van der Waals surface area contributed by atoms with Gasteiger partial charge in [0.25, 0.3) is 0 Å². The zero-order valence-corrected chi connectivity index (χ0v) is 18.6. The minimum Gasteiger partial charge on any atom is -0.352 e. The summed E-state index contributed by atoms with van der Waals surface area (Å²) in [7, 11) is 0. The Morgan fingerprint density at radius 2 is 1.58 bits per heavy atom. The summed E-state index contributed by atoms with van der Waals surface area (Å²) in [5.41, 5.74) is 2.60. The first-order valence-electron chi connectivity index (χ1n) is 12.4. The van der Waals surface area contributed by atoms with E-state index in [-0.39, 0.29) is 11.8 Å². The number of benzene rings is 2. The zero-order chi connectivity index (χ0) is 21.0. The molecule has 1 saturated heterocycles. The van der Waals surface area contributed by atoms with Crippen LogP contribution in [-0.2, 0) is 11.3 Å². The molecule has 5 rings (SSSR count). The van der Waals surface area contributed by atoms with Gasteiger partial charge in [-0.1, -0.05) is 79.9 Å². The van der Waals surface area contributed by atoms with Crippen LogP contribution in [0.5, 0.6) is 0 Å². The number of likely N-dealkylation sites (tertiary alicyclic amines) is 1. The Labute approximate surface area is 187 Å². The van der Waals surface area contributed by atoms with Crippen LogP contribution in [0.4, 0.5) is 0 Å². The average Bonchev–Trinajstić information content (AvgIpc) is 3.37. The number of hydrogen-bond donors (Lipinski definition) is 1. The number of hydrogen-bond acceptors (Lipinski definition) is 2. The van der Waals surface area contributed by atoms with Gasteiger partial charge in [-0.3, -0.25) is 9.69 Å². The monoisotopic (exact) mass is 416 g/mol. The van der Waals surface area contributed by atoms with Gasteiger partial charge in [-0.05, 0) is 54.6 Å². The second-order valence-corrected chi connectivity index (χ2v) is 10.1. The van der Waals surface area contributed by atoms with Crippen LogP contribution in [0.3, 0.4) is 0 Å². The van der Waals surface area contributed by atoms with E-state index < -0.39 is 0 Å². The molecule has 3 aliphatic rings. The topological polar surface area (TPSA) is 32.3 Å². The van der Waals surface area contributed by atoms with E-state index in [0.29, 0.717) is 17.9 Å². The maximum absolute atomic E-state index is 13.6. The molecule has 3 heteroatoms. The molecule has 2 aromatic rings. The minimum atomic E-state index is 0.0161. The predicted octanol–water partition coefficient (Wildman–Crippen LogP) is 5.38. The molecule has 0 bridgehead atoms. The molecule has 2 saturated carbocycles. The van der Waals surface area contributed by atoms with Gasteiger partial charge in [0.1, 0.15) is 0 Å². The third-order valence-corrected chi connectivity index (χ3v) is 8.07. The van der Waals surface area contributed by atoms with Crippen LogP contribution in [0.25, 0.3) is 0 Å². The maximum Gasteiger partial charge on any atom is 0.228 e. The first kappa shape index (κ1) is 20.8. The SMILES string of the molecule is O=C(N[C@H]1CC[C@@H]2CN(Cc3ccccc3)C[C@H]21)C(c1ccccc1)C1CCCCC1. The Balaban J connectivity index is 1.25. The minimum absolute atomic E-state index is 0.0161. The third-order valence-electron chi connectivity index (χ3n) is 8.07. The van der Waals surface area contributed by atoms with Crippen LogP contribution in [0.1, 0.15) is 62.0 Å². The van der Waals surface area contributed by atoms with E-state index in [1.807, 2.05) is 0 Å². The van der Waals surface area contributed by atoms with E-state index >= 15 is 0 Å². The second-order valence-electron chi connectivity index (χ2n) is 10.1. The molecule has 31 heavy (non-hydrogen) atoms. The summed E-state index contributed by atoms with van der Waals surface area (Å²) < 4.78 is 0. The van der Waals surface area contributed by atoms with Crippen molar-refractivity contribution in [2.45, 2.75) is 63.5 Å². The first-order chi connectivity index (χ1) is 15.3. The molecule has 3 fully saturated rings. The Morgan fingerprint density at radius 1 is 0.871 bits per heavy atom. The van der Waals surface area contributed by atoms with Gasteiger partial charge in [0.15, 0.2) is 0 Å². The van der Waals surface area contributed by atoms with Crippen molar-refractivity contribution in [1.82, 2.24) is 10.2 Å². The van der Waals surface area contributed by atoms with Crippen LogP contribution in [0, 0.1) is 17.8 Å². The van der Waals surface area contributed by atoms with Gasteiger partial charge in [0.05, 0.1) is 5.92 Å². The van der Waals surface area contributed by atoms with Crippen LogP contribution in [0.15, 0.2) is 60.7 Å². The van der Waals surface area contributed by atoms with Gasteiger partial charge < -0.3 is 5.32 Å². The molecule has 0 aromatic heterocycles. The molecule has 3 nitrogen and oxygen atoms in total. The van der Waals surface area contributed by atoms with Gasteiger partial charge >= 0.3 is 0 Å². The van der Waals surface area contributed by atoms with E-state index in [2.05, 4.69) is 70.9 Å². The van der Waals surface area contributed by atoms with Crippen molar-refractivity contribution in [2.24, 2.45) is 17.8 Å². The van der Waals surface area contributed by atoms with Gasteiger partial charge in [-0.15, -0.1) is 0 Å². The van der Waals surface area contributed by atoms with Crippen LogP contribution in [0.2, 0.25) is 0 Å². The van der Waals surface area contributed by atoms with Gasteiger partial charge in [0.2, 0.25) is 5.91 Å². The number of carbonyl (C=O) groups excluding carboxylic acids is 1. The number of carbonyl (C=O) groups is 1. The number of fused-ring (bicyclic) bond motifs is 1. The maximum atomic E-state index is 13.6. The number of rotatable bonds is 6. The van der Waals surface area contributed by atoms with E-state index in [0.717, 1.165) is 25.4 Å². The summed E-state index contributed by atoms with van der Waals surface area (Å²) in [6, 6.07) is 21.7. The molecule has 1 amide bonds. The summed E-state index contributed by atoms with van der Waals surface area (Å²) in [5.74, 6) is 2.13. The number of nitrogens with one attached hydrogen (secondary N) is 1. The lowest BCUT2D eigenvalue weighted by Gasteiger charge is -2.32. The highest BCUT2D eigenvalue weighted by Crippen LogP contribution is 2.40. The van der Waals surface area contributed by atoms with E-state index in [9.17, 15) is 4.79 Å². The molecule has 0 spiro atoms. The molecule has 4 atom stereocenters. The summed E-state index contributed by atoms with van der Waals surface area (Å²) in [6.45, 7) is 3.32. The van der Waals surface area contributed by atoms with Gasteiger partial charge in [-0.2, -0.15) is 0 Å². The molecule has 1 N–H and O–H groups in total. The summed E-state index contributed by atoms with van der Waals surface area (Å²) >= 11 is 0. The zero-order valence-electron chi connectivity index (χ0n) is 18.6. The van der Waals surface area contributed by atoms with E-state index in [1.54, 1.807) is 0 Å². The van der Waals surface area contributed by atoms with Crippen molar-refractivity contribution < 1.29 is 4.79 Å². The van der Waals surface area contributed by atoms with E-state index in [1.165, 1.54) is 56.2 Å². The van der Waals surface area contributed by atoms with Gasteiger partial charge in [-0.25, -0.2) is 0 Å². The highest BCUT2D eigenvalue weighted by atomic mass is 16.2. The van der Waals surface area contributed by atoms with Crippen molar-refractivity contribution in [2.75, 3.05) is 13.1 Å². The van der Waals surface area contributed by atoms with E-state index in [4.69, 9.17) is 0 Å². The van der Waals surface area contributed by atoms with Crippen LogP contribution in [-0.4, -0.2) is 29.9 Å². The predicted molar refractivity (Wildman–Crippen MR) is 126 cm³/mol. The Bertz CT molecular complexity index is 846. The smallest absolute Gasteiger partial charge is 0.228 e. The summed E-state index contributed by atoms with van der Waals surface area (Å²) in [4.78, 5) is 16.2.